The van der Waals surface area contributed by atoms with Crippen LogP contribution in [0.2, 0.25) is 0 Å². The summed E-state index contributed by atoms with van der Waals surface area (Å²) in [5.74, 6) is 5.23. The second kappa shape index (κ2) is 2.50. The molecule has 0 N–H and O–H groups in total. The predicted molar refractivity (Wildman–Crippen MR) is 48.3 cm³/mol. The van der Waals surface area contributed by atoms with Gasteiger partial charge in [0.2, 0.25) is 0 Å². The third-order valence-electron chi connectivity index (χ3n) is 4.26. The third-order valence-corrected chi connectivity index (χ3v) is 4.26. The molecule has 0 heterocycles. The Morgan fingerprint density at radius 1 is 0.727 bits per heavy atom. The number of fused-ring (bicyclic) bond motifs is 3. The second-order valence-electron chi connectivity index (χ2n) is 5.06. The summed E-state index contributed by atoms with van der Waals surface area (Å²) in [6.07, 6.45) is 4.57. The minimum absolute atomic E-state index is 1.03. The molecular weight excluding hydrogens is 132 g/mol. The zero-order valence-electron chi connectivity index (χ0n) is 8.01. The predicted octanol–water partition coefficient (Wildman–Crippen LogP) is 3.32. The lowest BCUT2D eigenvalue weighted by Gasteiger charge is -2.49. The molecule has 3 aliphatic carbocycles. The molecule has 0 aromatic heterocycles. The molecule has 64 valence electrons. The van der Waals surface area contributed by atoms with Crippen molar-refractivity contribution < 1.29 is 0 Å². The molecule has 3 rings (SSSR count). The van der Waals surface area contributed by atoms with Gasteiger partial charge in [-0.3, -0.25) is 0 Å². The van der Waals surface area contributed by atoms with Crippen LogP contribution in [-0.2, 0) is 0 Å². The average Bonchev–Trinajstić information content (AvgIpc) is 1.93. The monoisotopic (exact) mass is 152 g/mol. The zero-order valence-corrected chi connectivity index (χ0v) is 8.01. The van der Waals surface area contributed by atoms with Crippen molar-refractivity contribution in [2.24, 2.45) is 29.6 Å². The smallest absolute Gasteiger partial charge is 0.0360 e. The minimum atomic E-state index is 1.03. The van der Waals surface area contributed by atoms with Crippen LogP contribution in [0.3, 0.4) is 0 Å². The SMILES string of the molecule is C[C@@H]1CC2[C@H](C)CC1C[C@@H]2C. The van der Waals surface area contributed by atoms with Crippen molar-refractivity contribution in [3.05, 3.63) is 0 Å². The molecule has 3 fully saturated rings. The fraction of sp³-hybridized carbons (Fsp3) is 1.00. The van der Waals surface area contributed by atoms with Crippen molar-refractivity contribution in [2.45, 2.75) is 40.0 Å². The normalized spacial score (nSPS) is 56.5. The summed E-state index contributed by atoms with van der Waals surface area (Å²) in [5.41, 5.74) is 0. The Labute approximate surface area is 70.4 Å². The maximum atomic E-state index is 2.46. The first kappa shape index (κ1) is 7.64. The summed E-state index contributed by atoms with van der Waals surface area (Å²) >= 11 is 0. The van der Waals surface area contributed by atoms with Gasteiger partial charge in [0.1, 0.15) is 0 Å². The molecule has 0 spiro atoms. The highest BCUT2D eigenvalue weighted by atomic mass is 14.5. The summed E-state index contributed by atoms with van der Waals surface area (Å²) in [6.45, 7) is 7.37. The van der Waals surface area contributed by atoms with Gasteiger partial charge in [-0.15, -0.1) is 0 Å². The van der Waals surface area contributed by atoms with Gasteiger partial charge in [0.15, 0.2) is 0 Å². The van der Waals surface area contributed by atoms with Crippen molar-refractivity contribution in [1.82, 2.24) is 0 Å². The van der Waals surface area contributed by atoms with E-state index in [-0.39, 0.29) is 0 Å². The van der Waals surface area contributed by atoms with E-state index < -0.39 is 0 Å². The largest absolute Gasteiger partial charge is 0.0622 e. The molecule has 2 unspecified atom stereocenters. The van der Waals surface area contributed by atoms with E-state index in [4.69, 9.17) is 0 Å². The minimum Gasteiger partial charge on any atom is -0.0622 e. The number of rotatable bonds is 0. The molecule has 3 aliphatic rings. The molecule has 0 amide bonds. The van der Waals surface area contributed by atoms with Crippen LogP contribution in [-0.4, -0.2) is 0 Å². The zero-order chi connectivity index (χ0) is 8.01. The van der Waals surface area contributed by atoms with E-state index in [1.165, 1.54) is 19.3 Å². The fourth-order valence-corrected chi connectivity index (χ4v) is 3.51. The molecular formula is C11H20. The van der Waals surface area contributed by atoms with Gasteiger partial charge in [-0.1, -0.05) is 20.8 Å². The molecule has 11 heavy (non-hydrogen) atoms. The Hall–Kier alpha value is 0. The Bertz CT molecular complexity index is 138. The molecule has 0 radical (unpaired) electrons. The summed E-state index contributed by atoms with van der Waals surface area (Å²) in [4.78, 5) is 0. The van der Waals surface area contributed by atoms with Crippen molar-refractivity contribution in [3.63, 3.8) is 0 Å². The van der Waals surface area contributed by atoms with Gasteiger partial charge in [-0.05, 0) is 48.9 Å². The molecule has 5 atom stereocenters. The van der Waals surface area contributed by atoms with Crippen molar-refractivity contribution >= 4 is 0 Å². The molecule has 0 heteroatoms. The van der Waals surface area contributed by atoms with Crippen LogP contribution in [0.5, 0.6) is 0 Å². The van der Waals surface area contributed by atoms with E-state index in [9.17, 15) is 0 Å². The first-order valence-corrected chi connectivity index (χ1v) is 5.18. The van der Waals surface area contributed by atoms with E-state index >= 15 is 0 Å². The highest BCUT2D eigenvalue weighted by Gasteiger charge is 2.41. The Morgan fingerprint density at radius 2 is 1.27 bits per heavy atom. The molecule has 0 nitrogen and oxygen atoms in total. The summed E-state index contributed by atoms with van der Waals surface area (Å²) < 4.78 is 0. The molecule has 0 aromatic carbocycles. The quantitative estimate of drug-likeness (QED) is 0.499. The van der Waals surface area contributed by atoms with Gasteiger partial charge >= 0.3 is 0 Å². The molecule has 0 aliphatic heterocycles. The van der Waals surface area contributed by atoms with Crippen LogP contribution < -0.4 is 0 Å². The van der Waals surface area contributed by atoms with Gasteiger partial charge in [-0.2, -0.15) is 0 Å². The third kappa shape index (κ3) is 1.11. The summed E-state index contributed by atoms with van der Waals surface area (Å²) in [7, 11) is 0. The lowest BCUT2D eigenvalue weighted by atomic mass is 9.57. The van der Waals surface area contributed by atoms with E-state index in [0.717, 1.165) is 29.6 Å². The lowest BCUT2D eigenvalue weighted by Crippen LogP contribution is -2.40. The Balaban J connectivity index is 2.13. The van der Waals surface area contributed by atoms with Gasteiger partial charge in [0.05, 0.1) is 0 Å². The lowest BCUT2D eigenvalue weighted by molar-refractivity contribution is 0.0121. The maximum absolute atomic E-state index is 2.46. The molecule has 3 saturated carbocycles. The van der Waals surface area contributed by atoms with Crippen molar-refractivity contribution in [2.75, 3.05) is 0 Å². The molecule has 0 saturated heterocycles. The average molecular weight is 152 g/mol. The Morgan fingerprint density at radius 3 is 1.64 bits per heavy atom. The van der Waals surface area contributed by atoms with Gasteiger partial charge in [0.25, 0.3) is 0 Å². The van der Waals surface area contributed by atoms with E-state index in [0.29, 0.717) is 0 Å². The van der Waals surface area contributed by atoms with Crippen LogP contribution in [0.4, 0.5) is 0 Å². The van der Waals surface area contributed by atoms with Crippen LogP contribution >= 0.6 is 0 Å². The highest BCUT2D eigenvalue weighted by molar-refractivity contribution is 4.91. The molecule has 2 bridgehead atoms. The summed E-state index contributed by atoms with van der Waals surface area (Å²) in [5, 5.41) is 0. The first-order chi connectivity index (χ1) is 5.18. The van der Waals surface area contributed by atoms with Crippen LogP contribution in [0.25, 0.3) is 0 Å². The summed E-state index contributed by atoms with van der Waals surface area (Å²) in [6, 6.07) is 0. The van der Waals surface area contributed by atoms with Crippen molar-refractivity contribution in [1.29, 1.82) is 0 Å². The van der Waals surface area contributed by atoms with Crippen LogP contribution in [0.15, 0.2) is 0 Å². The van der Waals surface area contributed by atoms with Gasteiger partial charge in [-0.25, -0.2) is 0 Å². The molecule has 0 aromatic rings. The second-order valence-corrected chi connectivity index (χ2v) is 5.06. The Kier molecular flexibility index (Phi) is 1.74. The van der Waals surface area contributed by atoms with Crippen LogP contribution in [0.1, 0.15) is 40.0 Å². The maximum Gasteiger partial charge on any atom is -0.0360 e. The number of hydrogen-bond donors (Lipinski definition) is 0. The van der Waals surface area contributed by atoms with E-state index in [1.54, 1.807) is 0 Å². The fourth-order valence-electron chi connectivity index (χ4n) is 3.51. The van der Waals surface area contributed by atoms with E-state index in [1.807, 2.05) is 0 Å². The highest BCUT2D eigenvalue weighted by Crippen LogP contribution is 2.50. The topological polar surface area (TPSA) is 0 Å². The first-order valence-electron chi connectivity index (χ1n) is 5.18. The van der Waals surface area contributed by atoms with Gasteiger partial charge in [0, 0.05) is 0 Å². The van der Waals surface area contributed by atoms with E-state index in [2.05, 4.69) is 20.8 Å². The standard InChI is InChI=1S/C11H20/c1-7-6-11-8(2)4-10(7)5-9(11)3/h7-11H,4-6H2,1-3H3/t7-,8-,9+,10?,11?/m1/s1. The number of hydrogen-bond acceptors (Lipinski definition) is 0. The van der Waals surface area contributed by atoms with Crippen molar-refractivity contribution in [3.8, 4) is 0 Å². The van der Waals surface area contributed by atoms with Crippen LogP contribution in [0, 0.1) is 29.6 Å². The van der Waals surface area contributed by atoms with Gasteiger partial charge < -0.3 is 0 Å².